The Morgan fingerprint density at radius 3 is 2.00 bits per heavy atom. The number of hydrogen-bond donors (Lipinski definition) is 3. The van der Waals surface area contributed by atoms with E-state index in [0.717, 1.165) is 0 Å². The first-order chi connectivity index (χ1) is 4.95. The molecule has 0 saturated heterocycles. The van der Waals surface area contributed by atoms with Gasteiger partial charge in [-0.1, -0.05) is 13.8 Å². The number of thiocarbonyl (C=S) groups is 1. The lowest BCUT2D eigenvalue weighted by Crippen LogP contribution is -2.49. The van der Waals surface area contributed by atoms with Gasteiger partial charge in [0.05, 0.1) is 0 Å². The van der Waals surface area contributed by atoms with Crippen LogP contribution in [0.15, 0.2) is 0 Å². The average molecular weight is 175 g/mol. The third-order valence-corrected chi connectivity index (χ3v) is 1.39. The number of primary amides is 1. The van der Waals surface area contributed by atoms with Crippen molar-refractivity contribution in [1.82, 2.24) is 5.32 Å². The number of carbonyl (C=O) groups excluding carboxylic acids is 1. The zero-order chi connectivity index (χ0) is 9.02. The summed E-state index contributed by atoms with van der Waals surface area (Å²) in [6.45, 7) is 3.72. The Labute approximate surface area is 71.3 Å². The van der Waals surface area contributed by atoms with Crippen molar-refractivity contribution in [2.75, 3.05) is 0 Å². The van der Waals surface area contributed by atoms with Crippen LogP contribution in [0.2, 0.25) is 0 Å². The summed E-state index contributed by atoms with van der Waals surface area (Å²) in [5.41, 5.74) is 10.3. The zero-order valence-corrected chi connectivity index (χ0v) is 7.44. The first kappa shape index (κ1) is 10.2. The lowest BCUT2D eigenvalue weighted by atomic mass is 10.0. The summed E-state index contributed by atoms with van der Waals surface area (Å²) in [7, 11) is 0. The summed E-state index contributed by atoms with van der Waals surface area (Å²) in [6.07, 6.45) is 0. The second kappa shape index (κ2) is 4.12. The molecule has 0 spiro atoms. The first-order valence-electron chi connectivity index (χ1n) is 3.30. The zero-order valence-electron chi connectivity index (χ0n) is 6.63. The van der Waals surface area contributed by atoms with Crippen LogP contribution in [0.4, 0.5) is 0 Å². The van der Waals surface area contributed by atoms with Gasteiger partial charge in [-0.25, -0.2) is 0 Å². The fourth-order valence-electron chi connectivity index (χ4n) is 0.720. The smallest absolute Gasteiger partial charge is 0.240 e. The van der Waals surface area contributed by atoms with E-state index in [1.807, 2.05) is 13.8 Å². The van der Waals surface area contributed by atoms with E-state index in [4.69, 9.17) is 11.5 Å². The Balaban J connectivity index is 4.12. The number of nitrogens with one attached hydrogen (secondary N) is 1. The molecule has 0 aliphatic heterocycles. The monoisotopic (exact) mass is 175 g/mol. The van der Waals surface area contributed by atoms with Crippen LogP contribution in [0.1, 0.15) is 13.8 Å². The quantitative estimate of drug-likeness (QED) is 0.497. The minimum absolute atomic E-state index is 0.0917. The van der Waals surface area contributed by atoms with E-state index >= 15 is 0 Å². The van der Waals surface area contributed by atoms with E-state index in [2.05, 4.69) is 17.5 Å². The van der Waals surface area contributed by atoms with Gasteiger partial charge in [0, 0.05) is 0 Å². The molecule has 1 amide bonds. The van der Waals surface area contributed by atoms with Crippen LogP contribution >= 0.6 is 12.2 Å². The molecule has 0 heterocycles. The Hall–Kier alpha value is -0.840. The molecular formula is C6H13N3OS. The fourth-order valence-corrected chi connectivity index (χ4v) is 0.847. The fraction of sp³-hybridized carbons (Fsp3) is 0.667. The largest absolute Gasteiger partial charge is 0.376 e. The highest BCUT2D eigenvalue weighted by molar-refractivity contribution is 7.80. The van der Waals surface area contributed by atoms with Crippen molar-refractivity contribution >= 4 is 23.2 Å². The van der Waals surface area contributed by atoms with Crippen LogP contribution < -0.4 is 16.8 Å². The van der Waals surface area contributed by atoms with Crippen LogP contribution in [0.3, 0.4) is 0 Å². The van der Waals surface area contributed by atoms with Crippen LogP contribution in [0, 0.1) is 5.92 Å². The average Bonchev–Trinajstić information content (AvgIpc) is 1.81. The van der Waals surface area contributed by atoms with Crippen molar-refractivity contribution in [2.24, 2.45) is 17.4 Å². The SMILES string of the molecule is CC(C)C(NC(N)=S)C(N)=O. The highest BCUT2D eigenvalue weighted by Gasteiger charge is 2.18. The van der Waals surface area contributed by atoms with Gasteiger partial charge in [0.25, 0.3) is 0 Å². The molecule has 0 saturated carbocycles. The predicted molar refractivity (Wildman–Crippen MR) is 47.7 cm³/mol. The second-order valence-electron chi connectivity index (χ2n) is 2.63. The third-order valence-electron chi connectivity index (χ3n) is 1.27. The number of nitrogens with two attached hydrogens (primary N) is 2. The van der Waals surface area contributed by atoms with Crippen LogP contribution in [0.5, 0.6) is 0 Å². The molecule has 5 N–H and O–H groups in total. The van der Waals surface area contributed by atoms with Gasteiger partial charge in [0.15, 0.2) is 5.11 Å². The molecule has 1 atom stereocenters. The van der Waals surface area contributed by atoms with Crippen LogP contribution in [0.25, 0.3) is 0 Å². The van der Waals surface area contributed by atoms with Gasteiger partial charge in [-0.05, 0) is 18.1 Å². The summed E-state index contributed by atoms with van der Waals surface area (Å²) >= 11 is 4.57. The minimum Gasteiger partial charge on any atom is -0.376 e. The molecular weight excluding hydrogens is 162 g/mol. The van der Waals surface area contributed by atoms with Crippen LogP contribution in [-0.2, 0) is 4.79 Å². The molecule has 0 aliphatic carbocycles. The van der Waals surface area contributed by atoms with Crippen molar-refractivity contribution in [1.29, 1.82) is 0 Å². The van der Waals surface area contributed by atoms with Crippen LogP contribution in [-0.4, -0.2) is 17.1 Å². The summed E-state index contributed by atoms with van der Waals surface area (Å²) in [4.78, 5) is 10.7. The molecule has 5 heteroatoms. The summed E-state index contributed by atoms with van der Waals surface area (Å²) < 4.78 is 0. The third kappa shape index (κ3) is 3.77. The summed E-state index contributed by atoms with van der Waals surface area (Å²) in [6, 6.07) is -0.465. The van der Waals surface area contributed by atoms with E-state index < -0.39 is 11.9 Å². The molecule has 0 fully saturated rings. The Morgan fingerprint density at radius 1 is 1.45 bits per heavy atom. The number of carbonyl (C=O) groups is 1. The molecule has 0 rings (SSSR count). The lowest BCUT2D eigenvalue weighted by molar-refractivity contribution is -0.120. The maximum absolute atomic E-state index is 10.7. The number of hydrogen-bond acceptors (Lipinski definition) is 2. The topological polar surface area (TPSA) is 81.1 Å². The maximum atomic E-state index is 10.7. The Morgan fingerprint density at radius 2 is 1.91 bits per heavy atom. The van der Waals surface area contributed by atoms with E-state index in [0.29, 0.717) is 0 Å². The summed E-state index contributed by atoms with van der Waals surface area (Å²) in [5.74, 6) is -0.346. The standard InChI is InChI=1S/C6H13N3OS/c1-3(2)4(5(7)10)9-6(8)11/h3-4H,1-2H3,(H2,7,10)(H3,8,9,11). The molecule has 0 aliphatic rings. The minimum atomic E-state index is -0.465. The van der Waals surface area contributed by atoms with Crippen molar-refractivity contribution < 1.29 is 4.79 Å². The molecule has 0 aromatic rings. The highest BCUT2D eigenvalue weighted by atomic mass is 32.1. The Kier molecular flexibility index (Phi) is 3.81. The molecule has 0 aromatic heterocycles. The molecule has 64 valence electrons. The van der Waals surface area contributed by atoms with Crippen molar-refractivity contribution in [2.45, 2.75) is 19.9 Å². The highest BCUT2D eigenvalue weighted by Crippen LogP contribution is 1.99. The van der Waals surface area contributed by atoms with E-state index in [1.54, 1.807) is 0 Å². The number of rotatable bonds is 3. The van der Waals surface area contributed by atoms with Crippen molar-refractivity contribution in [3.05, 3.63) is 0 Å². The first-order valence-corrected chi connectivity index (χ1v) is 3.71. The van der Waals surface area contributed by atoms with E-state index in [-0.39, 0.29) is 11.0 Å². The molecule has 11 heavy (non-hydrogen) atoms. The predicted octanol–water partition coefficient (Wildman–Crippen LogP) is -0.670. The molecule has 0 bridgehead atoms. The maximum Gasteiger partial charge on any atom is 0.240 e. The second-order valence-corrected chi connectivity index (χ2v) is 3.07. The van der Waals surface area contributed by atoms with E-state index in [1.165, 1.54) is 0 Å². The van der Waals surface area contributed by atoms with Gasteiger partial charge in [0.2, 0.25) is 5.91 Å². The van der Waals surface area contributed by atoms with Crippen molar-refractivity contribution in [3.63, 3.8) is 0 Å². The molecule has 4 nitrogen and oxygen atoms in total. The normalized spacial score (nSPS) is 12.6. The van der Waals surface area contributed by atoms with Gasteiger partial charge in [-0.3, -0.25) is 4.79 Å². The lowest BCUT2D eigenvalue weighted by Gasteiger charge is -2.18. The van der Waals surface area contributed by atoms with Gasteiger partial charge in [0.1, 0.15) is 6.04 Å². The van der Waals surface area contributed by atoms with E-state index in [9.17, 15) is 4.79 Å². The number of amides is 1. The Bertz CT molecular complexity index is 169. The van der Waals surface area contributed by atoms with Gasteiger partial charge in [-0.2, -0.15) is 0 Å². The molecule has 0 aromatic carbocycles. The van der Waals surface area contributed by atoms with Crippen molar-refractivity contribution in [3.8, 4) is 0 Å². The molecule has 1 unspecified atom stereocenters. The molecule has 0 radical (unpaired) electrons. The van der Waals surface area contributed by atoms with Gasteiger partial charge in [-0.15, -0.1) is 0 Å². The summed E-state index contributed by atoms with van der Waals surface area (Å²) in [5, 5.41) is 2.71. The van der Waals surface area contributed by atoms with Gasteiger partial charge < -0.3 is 16.8 Å². The van der Waals surface area contributed by atoms with Gasteiger partial charge >= 0.3 is 0 Å².